The third-order valence-electron chi connectivity index (χ3n) is 6.75. The average Bonchev–Trinajstić information content (AvgIpc) is 3.46. The number of hydrogen-bond acceptors (Lipinski definition) is 10. The summed E-state index contributed by atoms with van der Waals surface area (Å²) in [6.45, 7) is 3.23. The van der Waals surface area contributed by atoms with Gasteiger partial charge in [-0.25, -0.2) is 22.6 Å². The predicted octanol–water partition coefficient (Wildman–Crippen LogP) is 4.32. The molecule has 1 N–H and O–H groups in total. The Hall–Kier alpha value is -4.87. The Morgan fingerprint density at radius 3 is 2.31 bits per heavy atom. The van der Waals surface area contributed by atoms with Gasteiger partial charge in [-0.2, -0.15) is 18.3 Å². The number of carbonyl (C=O) groups is 2. The summed E-state index contributed by atoms with van der Waals surface area (Å²) in [5.74, 6) is -1.53. The van der Waals surface area contributed by atoms with Crippen LogP contribution >= 0.6 is 0 Å². The van der Waals surface area contributed by atoms with Crippen molar-refractivity contribution in [3.8, 4) is 16.9 Å². The third-order valence-corrected chi connectivity index (χ3v) is 8.11. The summed E-state index contributed by atoms with van der Waals surface area (Å²) in [5, 5.41) is 20.4. The highest BCUT2D eigenvalue weighted by Crippen LogP contribution is 2.33. The number of alkyl halides is 3. The van der Waals surface area contributed by atoms with Gasteiger partial charge in [0.15, 0.2) is 5.69 Å². The van der Waals surface area contributed by atoms with Gasteiger partial charge >= 0.3 is 12.3 Å². The van der Waals surface area contributed by atoms with Crippen LogP contribution in [0.25, 0.3) is 16.9 Å². The van der Waals surface area contributed by atoms with Crippen LogP contribution in [0.15, 0.2) is 64.8 Å². The van der Waals surface area contributed by atoms with Crippen LogP contribution in [-0.2, 0) is 35.3 Å². The van der Waals surface area contributed by atoms with Crippen LogP contribution in [0, 0.1) is 18.0 Å². The number of piperidine rings is 1. The maximum Gasteiger partial charge on any atom is 0.511 e. The molecule has 1 aliphatic heterocycles. The number of aromatic nitrogens is 2. The van der Waals surface area contributed by atoms with Gasteiger partial charge in [0, 0.05) is 18.4 Å². The number of rotatable bonds is 9. The van der Waals surface area contributed by atoms with Crippen molar-refractivity contribution in [2.24, 2.45) is 11.2 Å². The van der Waals surface area contributed by atoms with Crippen LogP contribution in [0.3, 0.4) is 0 Å². The van der Waals surface area contributed by atoms with E-state index in [4.69, 9.17) is 4.84 Å². The zero-order valence-electron chi connectivity index (χ0n) is 24.2. The quantitative estimate of drug-likeness (QED) is 0.115. The normalized spacial score (nSPS) is 15.3. The second-order valence-electron chi connectivity index (χ2n) is 9.96. The lowest BCUT2D eigenvalue weighted by Gasteiger charge is -2.27. The Labute approximate surface area is 255 Å². The molecule has 2 aromatic carbocycles. The average molecular weight is 655 g/mol. The predicted molar refractivity (Wildman–Crippen MR) is 148 cm³/mol. The van der Waals surface area contributed by atoms with E-state index in [-0.39, 0.29) is 47.2 Å². The molecule has 14 nitrogen and oxygen atoms in total. The fourth-order valence-electron chi connectivity index (χ4n) is 4.35. The van der Waals surface area contributed by atoms with Crippen LogP contribution in [0.1, 0.15) is 31.0 Å². The number of methoxy groups -OCH3 is 1. The first-order valence-corrected chi connectivity index (χ1v) is 14.9. The Morgan fingerprint density at radius 1 is 1.11 bits per heavy atom. The number of sulfonamides is 1. The first kappa shape index (κ1) is 33.0. The van der Waals surface area contributed by atoms with Crippen LogP contribution < -0.4 is 4.72 Å². The fourth-order valence-corrected chi connectivity index (χ4v) is 5.39. The van der Waals surface area contributed by atoms with Crippen molar-refractivity contribution in [1.29, 1.82) is 0 Å². The van der Waals surface area contributed by atoms with Gasteiger partial charge in [-0.05, 0) is 50.1 Å². The molecule has 1 saturated heterocycles. The topological polar surface area (TPSA) is 167 Å². The number of hydrazine groups is 1. The maximum atomic E-state index is 13.5. The largest absolute Gasteiger partial charge is 0.569 e. The van der Waals surface area contributed by atoms with Crippen molar-refractivity contribution in [1.82, 2.24) is 19.5 Å². The number of aryl methyl sites for hydroxylation is 1. The summed E-state index contributed by atoms with van der Waals surface area (Å²) in [7, 11) is -3.24. The van der Waals surface area contributed by atoms with Crippen molar-refractivity contribution < 1.29 is 50.5 Å². The second kappa shape index (κ2) is 13.4. The maximum absolute atomic E-state index is 13.5. The number of carbonyl (C=O) groups excluding carboxylic acids is 2. The molecule has 242 valence electrons. The summed E-state index contributed by atoms with van der Waals surface area (Å²) in [6.07, 6.45) is -6.71. The highest BCUT2D eigenvalue weighted by atomic mass is 32.2. The van der Waals surface area contributed by atoms with Gasteiger partial charge in [-0.1, -0.05) is 29.8 Å². The number of ether oxygens (including phenoxy) is 2. The van der Waals surface area contributed by atoms with Crippen molar-refractivity contribution >= 4 is 22.1 Å². The SMILES string of the molecule is COC(=O)OC(C)O/N=[N+](/[O-])N1CCC(C(=O)NS(=O)(=O)c2ccc(-n3nc(C(F)(F)F)cc3-c3ccc(C)cc3)cc2)CC1. The molecule has 0 aliphatic carbocycles. The molecule has 1 amide bonds. The van der Waals surface area contributed by atoms with Crippen molar-refractivity contribution in [2.45, 2.75) is 44.1 Å². The molecule has 1 unspecified atom stereocenters. The molecular formula is C27H29F3N6O8S. The number of hydrogen-bond donors (Lipinski definition) is 1. The zero-order chi connectivity index (χ0) is 32.9. The van der Waals surface area contributed by atoms with E-state index in [0.29, 0.717) is 5.56 Å². The van der Waals surface area contributed by atoms with E-state index >= 15 is 0 Å². The minimum atomic E-state index is -4.71. The smallest absolute Gasteiger partial charge is 0.511 e. The van der Waals surface area contributed by atoms with Crippen LogP contribution in [0.5, 0.6) is 0 Å². The Morgan fingerprint density at radius 2 is 1.73 bits per heavy atom. The van der Waals surface area contributed by atoms with Crippen LogP contribution in [-0.4, -0.2) is 66.7 Å². The molecule has 1 aromatic heterocycles. The minimum absolute atomic E-state index is 0.0442. The summed E-state index contributed by atoms with van der Waals surface area (Å²) in [4.78, 5) is 28.4. The molecule has 2 heterocycles. The summed E-state index contributed by atoms with van der Waals surface area (Å²) in [5.41, 5.74) is 0.590. The Balaban J connectivity index is 1.41. The van der Waals surface area contributed by atoms with Gasteiger partial charge < -0.3 is 14.7 Å². The van der Waals surface area contributed by atoms with E-state index in [1.54, 1.807) is 24.3 Å². The van der Waals surface area contributed by atoms with Crippen LogP contribution in [0.2, 0.25) is 0 Å². The first-order valence-electron chi connectivity index (χ1n) is 13.4. The number of nitrogens with one attached hydrogen (secondary N) is 1. The molecule has 18 heteroatoms. The highest BCUT2D eigenvalue weighted by Gasteiger charge is 2.35. The molecule has 1 fully saturated rings. The Kier molecular flexibility index (Phi) is 9.84. The number of amides is 1. The molecular weight excluding hydrogens is 625 g/mol. The van der Waals surface area contributed by atoms with Crippen molar-refractivity contribution in [2.75, 3.05) is 20.2 Å². The molecule has 45 heavy (non-hydrogen) atoms. The van der Waals surface area contributed by atoms with Gasteiger partial charge in [0.2, 0.25) is 11.2 Å². The van der Waals surface area contributed by atoms with E-state index < -0.39 is 46.2 Å². The van der Waals surface area contributed by atoms with Gasteiger partial charge in [0.05, 0.1) is 41.4 Å². The lowest BCUT2D eigenvalue weighted by molar-refractivity contribution is -0.715. The van der Waals surface area contributed by atoms with E-state index in [1.165, 1.54) is 24.1 Å². The minimum Gasteiger partial charge on any atom is -0.569 e. The molecule has 1 aliphatic rings. The molecule has 1 atom stereocenters. The number of benzene rings is 2. The number of nitrogens with zero attached hydrogens (tertiary/aromatic N) is 5. The third kappa shape index (κ3) is 8.20. The van der Waals surface area contributed by atoms with Crippen molar-refractivity contribution in [3.05, 3.63) is 71.1 Å². The Bertz CT molecular complexity index is 1650. The standard InChI is InChI=1S/C27H29F3N6O8S/c1-17-4-6-19(7-5-17)23-16-24(27(28,29)30)31-35(23)21-8-10-22(11-9-21)45(40,41)32-25(37)20-12-14-34(15-13-20)36(39)33-44-18(2)43-26(38)42-3/h4-11,16,18,20H,12-15H2,1-3H3,(H,32,37)/b36-33+. The van der Waals surface area contributed by atoms with E-state index in [0.717, 1.165) is 35.6 Å². The summed E-state index contributed by atoms with van der Waals surface area (Å²) < 4.78 is 78.4. The highest BCUT2D eigenvalue weighted by molar-refractivity contribution is 7.90. The van der Waals surface area contributed by atoms with Crippen molar-refractivity contribution in [3.63, 3.8) is 0 Å². The molecule has 0 spiro atoms. The first-order chi connectivity index (χ1) is 21.2. The zero-order valence-corrected chi connectivity index (χ0v) is 25.0. The van der Waals surface area contributed by atoms with Gasteiger partial charge in [-0.15, -0.1) is 5.01 Å². The van der Waals surface area contributed by atoms with Gasteiger partial charge in [-0.3, -0.25) is 9.63 Å². The molecule has 0 saturated carbocycles. The molecule has 0 radical (unpaired) electrons. The molecule has 3 aromatic rings. The van der Waals surface area contributed by atoms with E-state index in [1.807, 2.05) is 11.6 Å². The molecule has 0 bridgehead atoms. The number of halogens is 3. The second-order valence-corrected chi connectivity index (χ2v) is 11.6. The monoisotopic (exact) mass is 654 g/mol. The fraction of sp³-hybridized carbons (Fsp3) is 0.370. The van der Waals surface area contributed by atoms with E-state index in [9.17, 15) is 36.4 Å². The summed E-state index contributed by atoms with van der Waals surface area (Å²) in [6, 6.07) is 12.6. The summed E-state index contributed by atoms with van der Waals surface area (Å²) >= 11 is 0. The lowest BCUT2D eigenvalue weighted by Crippen LogP contribution is -2.44. The van der Waals surface area contributed by atoms with Gasteiger partial charge in [0.1, 0.15) is 0 Å². The van der Waals surface area contributed by atoms with Crippen LogP contribution in [0.4, 0.5) is 18.0 Å². The lowest BCUT2D eigenvalue weighted by atomic mass is 9.97. The molecule has 4 rings (SSSR count). The van der Waals surface area contributed by atoms with Gasteiger partial charge in [0.25, 0.3) is 16.3 Å². The van der Waals surface area contributed by atoms with E-state index in [2.05, 4.69) is 19.8 Å².